The first kappa shape index (κ1) is 18.7. The summed E-state index contributed by atoms with van der Waals surface area (Å²) in [6.07, 6.45) is 0.103. The average Bonchev–Trinajstić information content (AvgIpc) is 2.56. The molecule has 0 unspecified atom stereocenters. The summed E-state index contributed by atoms with van der Waals surface area (Å²) < 4.78 is 32.1. The van der Waals surface area contributed by atoms with Gasteiger partial charge < -0.3 is 15.0 Å². The number of carbonyl (C=O) groups is 1. The smallest absolute Gasteiger partial charge is 0.317 e. The van der Waals surface area contributed by atoms with Crippen LogP contribution >= 0.6 is 0 Å². The highest BCUT2D eigenvalue weighted by molar-refractivity contribution is 5.73. The standard InChI is InChI=1S/C19H22F2N2O2/c1-13(2)25-17-8-4-14(5-9-17)11-22-19(24)23(3)12-15-6-7-16(20)10-18(15)21/h4-10,13H,11-12H2,1-3H3,(H,22,24). The van der Waals surface area contributed by atoms with Gasteiger partial charge in [-0.15, -0.1) is 0 Å². The highest BCUT2D eigenvalue weighted by Crippen LogP contribution is 2.14. The molecule has 0 spiro atoms. The molecule has 0 aliphatic carbocycles. The van der Waals surface area contributed by atoms with Crippen LogP contribution in [-0.2, 0) is 13.1 Å². The van der Waals surface area contributed by atoms with Gasteiger partial charge in [-0.2, -0.15) is 0 Å². The number of nitrogens with one attached hydrogen (secondary N) is 1. The van der Waals surface area contributed by atoms with E-state index >= 15 is 0 Å². The molecule has 0 aliphatic heterocycles. The number of urea groups is 1. The molecule has 0 bridgehead atoms. The van der Waals surface area contributed by atoms with Crippen LogP contribution in [0.25, 0.3) is 0 Å². The third kappa shape index (κ3) is 5.74. The normalized spacial score (nSPS) is 10.6. The third-order valence-electron chi connectivity index (χ3n) is 3.51. The minimum absolute atomic E-state index is 0.0547. The van der Waals surface area contributed by atoms with Crippen molar-refractivity contribution in [2.45, 2.75) is 33.0 Å². The van der Waals surface area contributed by atoms with E-state index in [-0.39, 0.29) is 24.2 Å². The Balaban J connectivity index is 1.86. The van der Waals surface area contributed by atoms with E-state index in [2.05, 4.69) is 5.32 Å². The molecule has 2 rings (SSSR count). The SMILES string of the molecule is CC(C)Oc1ccc(CNC(=O)N(C)Cc2ccc(F)cc2F)cc1. The van der Waals surface area contributed by atoms with Crippen LogP contribution in [0.5, 0.6) is 5.75 Å². The Hall–Kier alpha value is -2.63. The van der Waals surface area contributed by atoms with Gasteiger partial charge in [-0.1, -0.05) is 18.2 Å². The molecule has 25 heavy (non-hydrogen) atoms. The van der Waals surface area contributed by atoms with Crippen molar-refractivity contribution < 1.29 is 18.3 Å². The summed E-state index contributed by atoms with van der Waals surface area (Å²) in [6.45, 7) is 4.30. The molecule has 1 N–H and O–H groups in total. The Bertz CT molecular complexity index is 718. The quantitative estimate of drug-likeness (QED) is 0.854. The Morgan fingerprint density at radius 1 is 1.16 bits per heavy atom. The fourth-order valence-electron chi connectivity index (χ4n) is 2.25. The van der Waals surface area contributed by atoms with E-state index in [0.29, 0.717) is 6.54 Å². The van der Waals surface area contributed by atoms with Crippen LogP contribution in [0.2, 0.25) is 0 Å². The molecule has 0 aromatic heterocycles. The fraction of sp³-hybridized carbons (Fsp3) is 0.316. The van der Waals surface area contributed by atoms with E-state index in [9.17, 15) is 13.6 Å². The van der Waals surface area contributed by atoms with Crippen LogP contribution in [0.15, 0.2) is 42.5 Å². The first-order chi connectivity index (χ1) is 11.8. The lowest BCUT2D eigenvalue weighted by Gasteiger charge is -2.18. The summed E-state index contributed by atoms with van der Waals surface area (Å²) in [5, 5.41) is 2.76. The Morgan fingerprint density at radius 2 is 1.84 bits per heavy atom. The van der Waals surface area contributed by atoms with Crippen molar-refractivity contribution in [1.82, 2.24) is 10.2 Å². The molecule has 134 valence electrons. The molecule has 4 nitrogen and oxygen atoms in total. The van der Waals surface area contributed by atoms with E-state index in [1.807, 2.05) is 38.1 Å². The molecule has 0 fully saturated rings. The number of rotatable bonds is 6. The summed E-state index contributed by atoms with van der Waals surface area (Å²) in [6, 6.07) is 10.4. The summed E-state index contributed by atoms with van der Waals surface area (Å²) in [4.78, 5) is 13.4. The van der Waals surface area contributed by atoms with Crippen molar-refractivity contribution in [2.75, 3.05) is 7.05 Å². The topological polar surface area (TPSA) is 41.6 Å². The van der Waals surface area contributed by atoms with E-state index in [1.54, 1.807) is 7.05 Å². The van der Waals surface area contributed by atoms with E-state index < -0.39 is 11.6 Å². The maximum atomic E-state index is 13.6. The Labute approximate surface area is 146 Å². The van der Waals surface area contributed by atoms with Gasteiger partial charge in [-0.3, -0.25) is 0 Å². The Morgan fingerprint density at radius 3 is 2.44 bits per heavy atom. The van der Waals surface area contributed by atoms with Crippen LogP contribution in [0.3, 0.4) is 0 Å². The zero-order chi connectivity index (χ0) is 18.4. The second-order valence-corrected chi connectivity index (χ2v) is 6.06. The van der Waals surface area contributed by atoms with Gasteiger partial charge in [0.1, 0.15) is 17.4 Å². The monoisotopic (exact) mass is 348 g/mol. The maximum absolute atomic E-state index is 13.6. The van der Waals surface area contributed by atoms with Crippen LogP contribution < -0.4 is 10.1 Å². The van der Waals surface area contributed by atoms with Gasteiger partial charge in [-0.05, 0) is 37.6 Å². The number of carbonyl (C=O) groups excluding carboxylic acids is 1. The summed E-state index contributed by atoms with van der Waals surface area (Å²) in [5.74, 6) is -0.535. The van der Waals surface area contributed by atoms with Gasteiger partial charge >= 0.3 is 6.03 Å². The van der Waals surface area contributed by atoms with Crippen molar-refractivity contribution >= 4 is 6.03 Å². The maximum Gasteiger partial charge on any atom is 0.317 e. The highest BCUT2D eigenvalue weighted by Gasteiger charge is 2.12. The third-order valence-corrected chi connectivity index (χ3v) is 3.51. The molecule has 0 radical (unpaired) electrons. The number of ether oxygens (including phenoxy) is 1. The number of hydrogen-bond donors (Lipinski definition) is 1. The molecule has 2 aromatic carbocycles. The molecule has 6 heteroatoms. The molecule has 0 saturated heterocycles. The molecule has 0 atom stereocenters. The first-order valence-electron chi connectivity index (χ1n) is 8.03. The van der Waals surface area contributed by atoms with Gasteiger partial charge in [0.05, 0.1) is 6.10 Å². The van der Waals surface area contributed by atoms with Crippen molar-refractivity contribution in [1.29, 1.82) is 0 Å². The number of hydrogen-bond acceptors (Lipinski definition) is 2. The van der Waals surface area contributed by atoms with Crippen LogP contribution in [0.1, 0.15) is 25.0 Å². The molecule has 2 aromatic rings. The average molecular weight is 348 g/mol. The van der Waals surface area contributed by atoms with Gasteiger partial charge in [-0.25, -0.2) is 13.6 Å². The second-order valence-electron chi connectivity index (χ2n) is 6.06. The van der Waals surface area contributed by atoms with E-state index in [1.165, 1.54) is 17.0 Å². The molecule has 0 heterocycles. The minimum Gasteiger partial charge on any atom is -0.491 e. The molecular weight excluding hydrogens is 326 g/mol. The van der Waals surface area contributed by atoms with E-state index in [0.717, 1.165) is 17.4 Å². The summed E-state index contributed by atoms with van der Waals surface area (Å²) >= 11 is 0. The van der Waals surface area contributed by atoms with Crippen LogP contribution in [-0.4, -0.2) is 24.1 Å². The Kier molecular flexibility index (Phi) is 6.33. The summed E-state index contributed by atoms with van der Waals surface area (Å²) in [5.41, 5.74) is 1.18. The summed E-state index contributed by atoms with van der Waals surface area (Å²) in [7, 11) is 1.55. The lowest BCUT2D eigenvalue weighted by atomic mass is 10.2. The fourth-order valence-corrected chi connectivity index (χ4v) is 2.25. The minimum atomic E-state index is -0.666. The van der Waals surface area contributed by atoms with Gasteiger partial charge in [0.15, 0.2) is 0 Å². The number of halogens is 2. The second kappa shape index (κ2) is 8.46. The highest BCUT2D eigenvalue weighted by atomic mass is 19.1. The van der Waals surface area contributed by atoms with Crippen LogP contribution in [0.4, 0.5) is 13.6 Å². The number of nitrogens with zero attached hydrogens (tertiary/aromatic N) is 1. The van der Waals surface area contributed by atoms with Gasteiger partial charge in [0, 0.05) is 31.8 Å². The van der Waals surface area contributed by atoms with E-state index in [4.69, 9.17) is 4.74 Å². The van der Waals surface area contributed by atoms with Gasteiger partial charge in [0.2, 0.25) is 0 Å². The first-order valence-corrected chi connectivity index (χ1v) is 8.03. The predicted molar refractivity (Wildman–Crippen MR) is 92.3 cm³/mol. The molecule has 2 amide bonds. The number of amides is 2. The van der Waals surface area contributed by atoms with Crippen molar-refractivity contribution in [3.8, 4) is 5.75 Å². The zero-order valence-electron chi connectivity index (χ0n) is 14.6. The zero-order valence-corrected chi connectivity index (χ0v) is 14.6. The predicted octanol–water partition coefficient (Wildman–Crippen LogP) is 4.09. The number of benzene rings is 2. The van der Waals surface area contributed by atoms with Gasteiger partial charge in [0.25, 0.3) is 0 Å². The largest absolute Gasteiger partial charge is 0.491 e. The molecule has 0 saturated carbocycles. The molecule has 0 aliphatic rings. The lowest BCUT2D eigenvalue weighted by molar-refractivity contribution is 0.206. The van der Waals surface area contributed by atoms with Crippen molar-refractivity contribution in [2.24, 2.45) is 0 Å². The van der Waals surface area contributed by atoms with Crippen LogP contribution in [0, 0.1) is 11.6 Å². The van der Waals surface area contributed by atoms with Crippen molar-refractivity contribution in [3.63, 3.8) is 0 Å². The van der Waals surface area contributed by atoms with Crippen molar-refractivity contribution in [3.05, 3.63) is 65.2 Å². The lowest BCUT2D eigenvalue weighted by Crippen LogP contribution is -2.36. The molecular formula is C19H22F2N2O2.